The number of halogens is 5. The van der Waals surface area contributed by atoms with Crippen LogP contribution in [0.25, 0.3) is 43.5 Å². The van der Waals surface area contributed by atoms with Crippen molar-refractivity contribution in [3.05, 3.63) is 76.1 Å². The van der Waals surface area contributed by atoms with Crippen LogP contribution < -0.4 is 5.32 Å². The van der Waals surface area contributed by atoms with E-state index in [0.717, 1.165) is 39.7 Å². The van der Waals surface area contributed by atoms with Gasteiger partial charge in [-0.1, -0.05) is 13.0 Å². The SMILES string of the molecule is Cc1nc2cc(-c3nc(C4=NCCC5C[C@@H](C)CN(C(=O)OC(C)(C)C)[C@H](C)C5=C4)c(-c4c(F)cc(F)cc4NC(=O)OC(C)(C)C)c4c(C(F)(F)F)csc34)ccc2n1C. The van der Waals surface area contributed by atoms with Crippen LogP contribution in [-0.2, 0) is 22.7 Å². The number of rotatable bonds is 4. The normalized spacial score (nSPS) is 18.9. The molecular weight excluding hydrogens is 816 g/mol. The van der Waals surface area contributed by atoms with E-state index in [4.69, 9.17) is 19.5 Å². The van der Waals surface area contributed by atoms with Gasteiger partial charge in [-0.2, -0.15) is 13.2 Å². The number of benzene rings is 2. The van der Waals surface area contributed by atoms with Crippen molar-refractivity contribution in [1.29, 1.82) is 0 Å². The first-order valence-electron chi connectivity index (χ1n) is 20.1. The minimum absolute atomic E-state index is 0.0594. The number of carbonyl (C=O) groups is 2. The molecule has 7 rings (SSSR count). The number of amides is 2. The average Bonchev–Trinajstić information content (AvgIpc) is 3.58. The molecule has 1 N–H and O–H groups in total. The third-order valence-corrected chi connectivity index (χ3v) is 11.9. The highest BCUT2D eigenvalue weighted by Crippen LogP contribution is 2.50. The second-order valence-electron chi connectivity index (χ2n) is 17.9. The molecule has 0 bridgehead atoms. The Morgan fingerprint density at radius 3 is 2.31 bits per heavy atom. The molecular formula is C45H49F5N6O4S. The standard InChI is InChI=1S/C45H49F5N6O4S/c1-22-15-25-13-14-51-33(19-28(25)23(2)56(20-22)42(58)60-44(7,8)9)39-37(36-30(47)17-27(46)18-32(36)53-41(57)59-43(4,5)6)35-29(45(48,49)50)21-61-40(35)38(54-39)26-11-12-34-31(16-26)52-24(3)55(34)10/h11-12,16-19,21-23,25H,13-15,20H2,1-10H3,(H,53,57)/t22-,23-,25?/m1/s1. The number of hydrogen-bond acceptors (Lipinski definition) is 8. The molecule has 3 atom stereocenters. The van der Waals surface area contributed by atoms with Crippen LogP contribution in [0.3, 0.4) is 0 Å². The molecule has 1 unspecified atom stereocenters. The van der Waals surface area contributed by atoms with E-state index < -0.39 is 69.4 Å². The van der Waals surface area contributed by atoms with Gasteiger partial charge in [-0.3, -0.25) is 10.3 Å². The highest BCUT2D eigenvalue weighted by molar-refractivity contribution is 7.18. The Balaban J connectivity index is 1.57. The van der Waals surface area contributed by atoms with Crippen LogP contribution in [0, 0.1) is 30.4 Å². The van der Waals surface area contributed by atoms with Crippen LogP contribution in [0.1, 0.15) is 85.3 Å². The predicted octanol–water partition coefficient (Wildman–Crippen LogP) is 11.9. The number of imidazole rings is 1. The van der Waals surface area contributed by atoms with E-state index in [-0.39, 0.29) is 45.7 Å². The molecule has 0 saturated carbocycles. The topological polar surface area (TPSA) is 111 Å². The van der Waals surface area contributed by atoms with Gasteiger partial charge in [0.25, 0.3) is 0 Å². The van der Waals surface area contributed by atoms with Gasteiger partial charge in [-0.15, -0.1) is 11.3 Å². The first-order chi connectivity index (χ1) is 28.4. The lowest BCUT2D eigenvalue weighted by atomic mass is 9.85. The number of likely N-dealkylation sites (tertiary alicyclic amines) is 1. The number of thiophene rings is 1. The van der Waals surface area contributed by atoms with Crippen LogP contribution in [0.2, 0.25) is 0 Å². The zero-order valence-electron chi connectivity index (χ0n) is 35.8. The van der Waals surface area contributed by atoms with E-state index in [2.05, 4.69) is 10.3 Å². The summed E-state index contributed by atoms with van der Waals surface area (Å²) in [6.07, 6.45) is -3.57. The predicted molar refractivity (Wildman–Crippen MR) is 228 cm³/mol. The van der Waals surface area contributed by atoms with Crippen molar-refractivity contribution in [1.82, 2.24) is 19.4 Å². The van der Waals surface area contributed by atoms with Gasteiger partial charge in [-0.05, 0) is 110 Å². The molecule has 10 nitrogen and oxygen atoms in total. The number of ether oxygens (including phenoxy) is 2. The minimum atomic E-state index is -4.95. The number of carbonyl (C=O) groups excluding carboxylic acids is 2. The number of anilines is 1. The number of allylic oxidation sites excluding steroid dienone is 1. The summed E-state index contributed by atoms with van der Waals surface area (Å²) in [5.74, 6) is -1.64. The molecule has 16 heteroatoms. The third kappa shape index (κ3) is 8.86. The summed E-state index contributed by atoms with van der Waals surface area (Å²) in [7, 11) is 1.85. The molecule has 1 fully saturated rings. The van der Waals surface area contributed by atoms with Gasteiger partial charge in [0.2, 0.25) is 0 Å². The second-order valence-corrected chi connectivity index (χ2v) is 18.8. The van der Waals surface area contributed by atoms with Crippen LogP contribution in [0.4, 0.5) is 37.2 Å². The summed E-state index contributed by atoms with van der Waals surface area (Å²) < 4.78 is 91.2. The van der Waals surface area contributed by atoms with Crippen molar-refractivity contribution in [2.45, 2.75) is 98.6 Å². The lowest BCUT2D eigenvalue weighted by Gasteiger charge is -2.33. The maximum atomic E-state index is 16.8. The van der Waals surface area contributed by atoms with Gasteiger partial charge in [0.15, 0.2) is 0 Å². The molecule has 324 valence electrons. The molecule has 0 aliphatic carbocycles. The maximum absolute atomic E-state index is 16.8. The highest BCUT2D eigenvalue weighted by atomic mass is 32.1. The van der Waals surface area contributed by atoms with E-state index >= 15 is 22.0 Å². The first-order valence-corrected chi connectivity index (χ1v) is 21.0. The fraction of sp³-hybridized carbons (Fsp3) is 0.444. The van der Waals surface area contributed by atoms with Crippen molar-refractivity contribution in [2.24, 2.45) is 23.9 Å². The minimum Gasteiger partial charge on any atom is -0.444 e. The number of fused-ring (bicyclic) bond motifs is 3. The van der Waals surface area contributed by atoms with Crippen LogP contribution in [-0.4, -0.2) is 67.7 Å². The highest BCUT2D eigenvalue weighted by Gasteiger charge is 2.40. The Kier molecular flexibility index (Phi) is 11.3. The number of nitrogens with one attached hydrogen (secondary N) is 1. The van der Waals surface area contributed by atoms with E-state index in [0.29, 0.717) is 36.5 Å². The summed E-state index contributed by atoms with van der Waals surface area (Å²) in [4.78, 5) is 43.3. The van der Waals surface area contributed by atoms with Crippen molar-refractivity contribution < 1.29 is 41.0 Å². The Hall–Kier alpha value is -5.38. The number of aliphatic imine (C=N–C) groups is 1. The van der Waals surface area contributed by atoms with Crippen LogP contribution in [0.5, 0.6) is 0 Å². The molecule has 2 aromatic carbocycles. The van der Waals surface area contributed by atoms with E-state index in [1.54, 1.807) is 64.7 Å². The lowest BCUT2D eigenvalue weighted by molar-refractivity contribution is -0.136. The molecule has 61 heavy (non-hydrogen) atoms. The number of nitrogens with zero attached hydrogens (tertiary/aromatic N) is 5. The van der Waals surface area contributed by atoms with E-state index in [9.17, 15) is 9.59 Å². The molecule has 0 spiro atoms. The quantitative estimate of drug-likeness (QED) is 0.180. The summed E-state index contributed by atoms with van der Waals surface area (Å²) in [6, 6.07) is 6.14. The van der Waals surface area contributed by atoms with Gasteiger partial charge >= 0.3 is 18.4 Å². The van der Waals surface area contributed by atoms with Gasteiger partial charge < -0.3 is 18.9 Å². The summed E-state index contributed by atoms with van der Waals surface area (Å²) in [5, 5.41) is 2.95. The molecule has 2 aliphatic heterocycles. The zero-order chi connectivity index (χ0) is 44.5. The number of hydrogen-bond donors (Lipinski definition) is 1. The molecule has 1 saturated heterocycles. The lowest BCUT2D eigenvalue weighted by Crippen LogP contribution is -2.44. The molecule has 5 aromatic rings. The Bertz CT molecular complexity index is 2630. The Labute approximate surface area is 354 Å². The monoisotopic (exact) mass is 864 g/mol. The molecule has 5 heterocycles. The van der Waals surface area contributed by atoms with Gasteiger partial charge in [0, 0.05) is 53.7 Å². The Morgan fingerprint density at radius 2 is 1.64 bits per heavy atom. The van der Waals surface area contributed by atoms with Crippen molar-refractivity contribution >= 4 is 56.0 Å². The number of pyridine rings is 1. The zero-order valence-corrected chi connectivity index (χ0v) is 36.6. The third-order valence-electron chi connectivity index (χ3n) is 10.9. The van der Waals surface area contributed by atoms with Gasteiger partial charge in [0.05, 0.1) is 50.1 Å². The number of alkyl halides is 3. The number of aryl methyl sites for hydroxylation is 2. The van der Waals surface area contributed by atoms with Crippen molar-refractivity contribution in [3.8, 4) is 22.4 Å². The molecule has 2 aliphatic rings. The average molecular weight is 865 g/mol. The smallest absolute Gasteiger partial charge is 0.417 e. The van der Waals surface area contributed by atoms with Crippen molar-refractivity contribution in [2.75, 3.05) is 18.4 Å². The second kappa shape index (κ2) is 15.8. The van der Waals surface area contributed by atoms with Gasteiger partial charge in [-0.25, -0.2) is 28.3 Å². The number of aromatic nitrogens is 3. The largest absolute Gasteiger partial charge is 0.444 e. The fourth-order valence-corrected chi connectivity index (χ4v) is 9.32. The van der Waals surface area contributed by atoms with Crippen LogP contribution >= 0.6 is 11.3 Å². The summed E-state index contributed by atoms with van der Waals surface area (Å²) >= 11 is 0.780. The van der Waals surface area contributed by atoms with Crippen molar-refractivity contribution in [3.63, 3.8) is 0 Å². The molecule has 2 amide bonds. The van der Waals surface area contributed by atoms with Gasteiger partial charge in [0.1, 0.15) is 28.7 Å². The molecule has 3 aromatic heterocycles. The summed E-state index contributed by atoms with van der Waals surface area (Å²) in [6.45, 7) is 16.5. The summed E-state index contributed by atoms with van der Waals surface area (Å²) in [5.41, 5.74) is -1.51. The van der Waals surface area contributed by atoms with E-state index in [1.807, 2.05) is 38.5 Å². The fourth-order valence-electron chi connectivity index (χ4n) is 8.23. The van der Waals surface area contributed by atoms with E-state index in [1.165, 1.54) is 0 Å². The Morgan fingerprint density at radius 1 is 0.934 bits per heavy atom. The molecule has 0 radical (unpaired) electrons. The first kappa shape index (κ1) is 43.7. The van der Waals surface area contributed by atoms with Crippen LogP contribution in [0.15, 0.2) is 52.4 Å². The maximum Gasteiger partial charge on any atom is 0.417 e.